The second-order valence-electron chi connectivity index (χ2n) is 4.26. The molecule has 5 heteroatoms. The second kappa shape index (κ2) is 4.91. The summed E-state index contributed by atoms with van der Waals surface area (Å²) < 4.78 is 1.76. The molecule has 0 fully saturated rings. The minimum absolute atomic E-state index is 0.159. The van der Waals surface area contributed by atoms with Crippen LogP contribution < -0.4 is 10.2 Å². The lowest BCUT2D eigenvalue weighted by Crippen LogP contribution is -2.16. The van der Waals surface area contributed by atoms with Crippen LogP contribution in [0.1, 0.15) is 10.4 Å². The maximum absolute atomic E-state index is 12.1. The third-order valence-electron chi connectivity index (χ3n) is 2.67. The molecule has 0 unspecified atom stereocenters. The van der Waals surface area contributed by atoms with Crippen LogP contribution >= 0.6 is 0 Å². The summed E-state index contributed by atoms with van der Waals surface area (Å²) in [5, 5.41) is 2.77. The van der Waals surface area contributed by atoms with E-state index in [2.05, 4.69) is 10.3 Å². The molecule has 0 aliphatic heterocycles. The molecule has 18 heavy (non-hydrogen) atoms. The van der Waals surface area contributed by atoms with Crippen molar-refractivity contribution in [1.29, 1.82) is 0 Å². The van der Waals surface area contributed by atoms with Crippen molar-refractivity contribution in [3.63, 3.8) is 0 Å². The van der Waals surface area contributed by atoms with E-state index in [1.165, 1.54) is 0 Å². The monoisotopic (exact) mass is 244 g/mol. The number of nitrogens with zero attached hydrogens (tertiary/aromatic N) is 3. The van der Waals surface area contributed by atoms with E-state index in [-0.39, 0.29) is 5.91 Å². The van der Waals surface area contributed by atoms with Gasteiger partial charge in [-0.15, -0.1) is 0 Å². The van der Waals surface area contributed by atoms with E-state index < -0.39 is 0 Å². The van der Waals surface area contributed by atoms with Gasteiger partial charge in [0.05, 0.1) is 0 Å². The van der Waals surface area contributed by atoms with Gasteiger partial charge in [-0.25, -0.2) is 4.98 Å². The number of anilines is 2. The normalized spacial score (nSPS) is 10.2. The van der Waals surface area contributed by atoms with Gasteiger partial charge in [-0.2, -0.15) is 0 Å². The fourth-order valence-electron chi connectivity index (χ4n) is 1.59. The third-order valence-corrected chi connectivity index (χ3v) is 2.67. The molecule has 2 aromatic rings. The van der Waals surface area contributed by atoms with Crippen LogP contribution in [0, 0.1) is 0 Å². The van der Waals surface area contributed by atoms with Gasteiger partial charge in [0.15, 0.2) is 0 Å². The van der Waals surface area contributed by atoms with Crippen LogP contribution in [0.3, 0.4) is 0 Å². The van der Waals surface area contributed by atoms with Gasteiger partial charge in [0.1, 0.15) is 0 Å². The fraction of sp³-hybridized carbons (Fsp3) is 0.231. The minimum atomic E-state index is -0.159. The Morgan fingerprint density at radius 3 is 2.78 bits per heavy atom. The SMILES string of the molecule is CN(C)c1cccc(C(=O)Nc2nccn2C)c1. The zero-order valence-electron chi connectivity index (χ0n) is 10.7. The molecule has 1 N–H and O–H groups in total. The van der Waals surface area contributed by atoms with Gasteiger partial charge >= 0.3 is 0 Å². The molecule has 1 aromatic carbocycles. The topological polar surface area (TPSA) is 50.2 Å². The average molecular weight is 244 g/mol. The lowest BCUT2D eigenvalue weighted by Gasteiger charge is -2.13. The van der Waals surface area contributed by atoms with E-state index in [1.54, 1.807) is 23.0 Å². The zero-order valence-corrected chi connectivity index (χ0v) is 10.7. The van der Waals surface area contributed by atoms with Crippen molar-refractivity contribution in [2.24, 2.45) is 7.05 Å². The number of imidazole rings is 1. The molecule has 0 aliphatic rings. The van der Waals surface area contributed by atoms with Gasteiger partial charge < -0.3 is 9.47 Å². The van der Waals surface area contributed by atoms with Crippen LogP contribution in [0.5, 0.6) is 0 Å². The van der Waals surface area contributed by atoms with Crippen molar-refractivity contribution in [2.45, 2.75) is 0 Å². The van der Waals surface area contributed by atoms with Crippen molar-refractivity contribution >= 4 is 17.5 Å². The predicted molar refractivity (Wildman–Crippen MR) is 71.9 cm³/mol. The van der Waals surface area contributed by atoms with E-state index in [1.807, 2.05) is 44.2 Å². The summed E-state index contributed by atoms with van der Waals surface area (Å²) in [6.45, 7) is 0. The molecular formula is C13H16N4O. The number of carbonyl (C=O) groups excluding carboxylic acids is 1. The number of amides is 1. The van der Waals surface area contributed by atoms with Crippen molar-refractivity contribution in [2.75, 3.05) is 24.3 Å². The Morgan fingerprint density at radius 1 is 1.39 bits per heavy atom. The minimum Gasteiger partial charge on any atom is -0.378 e. The number of hydrogen-bond donors (Lipinski definition) is 1. The molecular weight excluding hydrogens is 228 g/mol. The largest absolute Gasteiger partial charge is 0.378 e. The summed E-state index contributed by atoms with van der Waals surface area (Å²) in [6, 6.07) is 7.45. The van der Waals surface area contributed by atoms with Crippen molar-refractivity contribution in [3.8, 4) is 0 Å². The van der Waals surface area contributed by atoms with Gasteiger partial charge in [0, 0.05) is 44.8 Å². The smallest absolute Gasteiger partial charge is 0.258 e. The fourth-order valence-corrected chi connectivity index (χ4v) is 1.59. The summed E-state index contributed by atoms with van der Waals surface area (Å²) in [7, 11) is 5.71. The molecule has 94 valence electrons. The Hall–Kier alpha value is -2.30. The zero-order chi connectivity index (χ0) is 13.1. The summed E-state index contributed by atoms with van der Waals surface area (Å²) in [5.74, 6) is 0.378. The second-order valence-corrected chi connectivity index (χ2v) is 4.26. The number of nitrogens with one attached hydrogen (secondary N) is 1. The highest BCUT2D eigenvalue weighted by Crippen LogP contribution is 2.14. The van der Waals surface area contributed by atoms with Crippen molar-refractivity contribution in [3.05, 3.63) is 42.2 Å². The Balaban J connectivity index is 2.19. The van der Waals surface area contributed by atoms with E-state index in [9.17, 15) is 4.79 Å². The maximum atomic E-state index is 12.1. The van der Waals surface area contributed by atoms with Crippen LogP contribution in [0.2, 0.25) is 0 Å². The molecule has 0 saturated heterocycles. The molecule has 1 amide bonds. The van der Waals surface area contributed by atoms with E-state index in [0.717, 1.165) is 5.69 Å². The van der Waals surface area contributed by atoms with Gasteiger partial charge in [-0.05, 0) is 18.2 Å². The molecule has 5 nitrogen and oxygen atoms in total. The number of aromatic nitrogens is 2. The molecule has 0 bridgehead atoms. The van der Waals surface area contributed by atoms with Crippen molar-refractivity contribution < 1.29 is 4.79 Å². The first-order valence-electron chi connectivity index (χ1n) is 5.64. The first-order chi connectivity index (χ1) is 8.58. The quantitative estimate of drug-likeness (QED) is 0.894. The number of benzene rings is 1. The first-order valence-corrected chi connectivity index (χ1v) is 5.64. The Labute approximate surface area is 106 Å². The number of hydrogen-bond acceptors (Lipinski definition) is 3. The molecule has 1 aromatic heterocycles. The Kier molecular flexibility index (Phi) is 3.32. The molecule has 0 atom stereocenters. The van der Waals surface area contributed by atoms with Gasteiger partial charge in [0.25, 0.3) is 5.91 Å². The van der Waals surface area contributed by atoms with E-state index >= 15 is 0 Å². The lowest BCUT2D eigenvalue weighted by atomic mass is 10.2. The van der Waals surface area contributed by atoms with Crippen LogP contribution in [-0.2, 0) is 7.05 Å². The number of rotatable bonds is 3. The van der Waals surface area contributed by atoms with Gasteiger partial charge in [-0.3, -0.25) is 10.1 Å². The third kappa shape index (κ3) is 2.51. The molecule has 1 heterocycles. The molecule has 0 aliphatic carbocycles. The summed E-state index contributed by atoms with van der Waals surface area (Å²) in [5.41, 5.74) is 1.60. The number of aryl methyl sites for hydroxylation is 1. The highest BCUT2D eigenvalue weighted by molar-refractivity contribution is 6.03. The molecule has 2 rings (SSSR count). The lowest BCUT2D eigenvalue weighted by molar-refractivity contribution is 0.102. The highest BCUT2D eigenvalue weighted by Gasteiger charge is 2.09. The summed E-state index contributed by atoms with van der Waals surface area (Å²) in [4.78, 5) is 18.1. The summed E-state index contributed by atoms with van der Waals surface area (Å²) >= 11 is 0. The van der Waals surface area contributed by atoms with Crippen molar-refractivity contribution in [1.82, 2.24) is 9.55 Å². The average Bonchev–Trinajstić information content (AvgIpc) is 2.75. The van der Waals surface area contributed by atoms with Crippen LogP contribution in [-0.4, -0.2) is 29.6 Å². The Morgan fingerprint density at radius 2 is 2.17 bits per heavy atom. The highest BCUT2D eigenvalue weighted by atomic mass is 16.1. The number of carbonyl (C=O) groups is 1. The molecule has 0 spiro atoms. The van der Waals surface area contributed by atoms with E-state index in [0.29, 0.717) is 11.5 Å². The first kappa shape index (κ1) is 12.2. The molecule has 0 saturated carbocycles. The maximum Gasteiger partial charge on any atom is 0.258 e. The molecule has 0 radical (unpaired) electrons. The Bertz CT molecular complexity index is 560. The van der Waals surface area contributed by atoms with E-state index in [4.69, 9.17) is 0 Å². The van der Waals surface area contributed by atoms with Gasteiger partial charge in [-0.1, -0.05) is 6.07 Å². The predicted octanol–water partition coefficient (Wildman–Crippen LogP) is 1.74. The van der Waals surface area contributed by atoms with Crippen LogP contribution in [0.15, 0.2) is 36.7 Å². The standard InChI is InChI=1S/C13H16N4O/c1-16(2)11-6-4-5-10(9-11)12(18)15-13-14-7-8-17(13)3/h4-9H,1-3H3,(H,14,15,18). The van der Waals surface area contributed by atoms with Crippen LogP contribution in [0.25, 0.3) is 0 Å². The van der Waals surface area contributed by atoms with Gasteiger partial charge in [0.2, 0.25) is 5.95 Å². The van der Waals surface area contributed by atoms with Crippen LogP contribution in [0.4, 0.5) is 11.6 Å². The summed E-state index contributed by atoms with van der Waals surface area (Å²) in [6.07, 6.45) is 3.43.